The molecule has 9 nitrogen and oxygen atoms in total. The van der Waals surface area contributed by atoms with Crippen LogP contribution in [0.1, 0.15) is 35.3 Å². The van der Waals surface area contributed by atoms with Crippen molar-refractivity contribution in [2.24, 2.45) is 5.73 Å². The molecule has 0 spiro atoms. The van der Waals surface area contributed by atoms with Gasteiger partial charge in [0, 0.05) is 41.3 Å². The zero-order chi connectivity index (χ0) is 27.6. The highest BCUT2D eigenvalue weighted by atomic mass is 32.2. The van der Waals surface area contributed by atoms with E-state index in [1.54, 1.807) is 31.0 Å². The first-order valence-corrected chi connectivity index (χ1v) is 14.0. The van der Waals surface area contributed by atoms with Crippen molar-refractivity contribution >= 4 is 27.5 Å². The number of aromatic nitrogens is 1. The van der Waals surface area contributed by atoms with Crippen LogP contribution >= 0.6 is 0 Å². The molecular formula is C27H29FN4O5S. The minimum atomic E-state index is -3.77. The molecule has 1 aliphatic rings. The molecule has 11 heteroatoms. The van der Waals surface area contributed by atoms with Gasteiger partial charge in [-0.2, -0.15) is 0 Å². The molecule has 0 saturated carbocycles. The number of nitrogens with two attached hydrogens (primary N) is 1. The van der Waals surface area contributed by atoms with Crippen LogP contribution in [0.5, 0.6) is 5.75 Å². The van der Waals surface area contributed by atoms with Crippen molar-refractivity contribution in [3.63, 3.8) is 0 Å². The Bertz CT molecular complexity index is 1490. The maximum atomic E-state index is 15.0. The summed E-state index contributed by atoms with van der Waals surface area (Å²) in [5.41, 5.74) is 8.16. The molecule has 0 aliphatic carbocycles. The Balaban J connectivity index is 1.60. The van der Waals surface area contributed by atoms with Crippen LogP contribution in [0.4, 0.5) is 10.2 Å². The SMILES string of the molecule is CCc1c(C(=O)N2CCOc3ccc(-c4ccc(NC(=O)[C@H](C)N)nc4)cc3C2)ccc(S(C)(=O)=O)c1F. The van der Waals surface area contributed by atoms with Crippen LogP contribution in [0.25, 0.3) is 11.1 Å². The third-order valence-corrected chi connectivity index (χ3v) is 7.39. The Morgan fingerprint density at radius 3 is 2.55 bits per heavy atom. The molecule has 0 unspecified atom stereocenters. The van der Waals surface area contributed by atoms with Crippen molar-refractivity contribution in [1.82, 2.24) is 9.88 Å². The summed E-state index contributed by atoms with van der Waals surface area (Å²) < 4.78 is 44.8. The summed E-state index contributed by atoms with van der Waals surface area (Å²) in [4.78, 5) is 30.7. The number of carbonyl (C=O) groups excluding carboxylic acids is 2. The summed E-state index contributed by atoms with van der Waals surface area (Å²) in [7, 11) is -3.77. The summed E-state index contributed by atoms with van der Waals surface area (Å²) in [6, 6.07) is 10.9. The number of rotatable bonds is 6. The Hall–Kier alpha value is -3.83. The quantitative estimate of drug-likeness (QED) is 0.491. The monoisotopic (exact) mass is 540 g/mol. The molecule has 2 heterocycles. The molecule has 2 amide bonds. The summed E-state index contributed by atoms with van der Waals surface area (Å²) in [6.07, 6.45) is 2.72. The number of hydrogen-bond donors (Lipinski definition) is 2. The number of ether oxygens (including phenoxy) is 1. The number of hydrogen-bond acceptors (Lipinski definition) is 7. The van der Waals surface area contributed by atoms with E-state index >= 15 is 4.39 Å². The normalized spacial score (nSPS) is 14.2. The van der Waals surface area contributed by atoms with Gasteiger partial charge < -0.3 is 20.7 Å². The lowest BCUT2D eigenvalue weighted by atomic mass is 10.0. The highest BCUT2D eigenvalue weighted by Gasteiger charge is 2.27. The van der Waals surface area contributed by atoms with Gasteiger partial charge in [-0.25, -0.2) is 17.8 Å². The number of anilines is 1. The number of carbonyl (C=O) groups is 2. The minimum Gasteiger partial charge on any atom is -0.491 e. The van der Waals surface area contributed by atoms with Crippen molar-refractivity contribution in [3.05, 3.63) is 71.2 Å². The summed E-state index contributed by atoms with van der Waals surface area (Å²) in [6.45, 7) is 4.00. The lowest BCUT2D eigenvalue weighted by molar-refractivity contribution is -0.117. The predicted molar refractivity (Wildman–Crippen MR) is 141 cm³/mol. The smallest absolute Gasteiger partial charge is 0.254 e. The second-order valence-corrected chi connectivity index (χ2v) is 11.1. The standard InChI is InChI=1S/C27H29FN4O5S/c1-4-20-21(7-9-23(25(20)28)38(3,35)36)27(34)32-11-12-37-22-8-5-17(13-19(22)15-32)18-6-10-24(30-14-18)31-26(33)16(2)29/h5-10,13-14,16H,4,11-12,15,29H2,1-3H3,(H,30,31,33)/t16-/m0/s1. The maximum absolute atomic E-state index is 15.0. The van der Waals surface area contributed by atoms with E-state index in [2.05, 4.69) is 10.3 Å². The maximum Gasteiger partial charge on any atom is 0.254 e. The average molecular weight is 541 g/mol. The predicted octanol–water partition coefficient (Wildman–Crippen LogP) is 3.17. The van der Waals surface area contributed by atoms with E-state index in [-0.39, 0.29) is 43.2 Å². The molecule has 38 heavy (non-hydrogen) atoms. The zero-order valence-corrected chi connectivity index (χ0v) is 22.1. The van der Waals surface area contributed by atoms with Gasteiger partial charge in [0.05, 0.1) is 12.6 Å². The van der Waals surface area contributed by atoms with Gasteiger partial charge in [-0.3, -0.25) is 9.59 Å². The minimum absolute atomic E-state index is 0.0688. The topological polar surface area (TPSA) is 132 Å². The molecule has 3 aromatic rings. The fourth-order valence-electron chi connectivity index (χ4n) is 4.23. The number of sulfone groups is 1. The first-order valence-electron chi connectivity index (χ1n) is 12.1. The van der Waals surface area contributed by atoms with Crippen molar-refractivity contribution in [1.29, 1.82) is 0 Å². The van der Waals surface area contributed by atoms with Gasteiger partial charge in [0.2, 0.25) is 5.91 Å². The van der Waals surface area contributed by atoms with E-state index in [0.717, 1.165) is 29.0 Å². The van der Waals surface area contributed by atoms with Crippen LogP contribution < -0.4 is 15.8 Å². The highest BCUT2D eigenvalue weighted by molar-refractivity contribution is 7.90. The molecule has 0 saturated heterocycles. The Labute approximate surface area is 220 Å². The lowest BCUT2D eigenvalue weighted by Crippen LogP contribution is -2.33. The molecule has 200 valence electrons. The lowest BCUT2D eigenvalue weighted by Gasteiger charge is -2.22. The van der Waals surface area contributed by atoms with Gasteiger partial charge in [0.1, 0.15) is 28.9 Å². The second kappa shape index (κ2) is 10.9. The molecule has 4 rings (SSSR count). The molecule has 0 radical (unpaired) electrons. The van der Waals surface area contributed by atoms with Crippen LogP contribution in [0.15, 0.2) is 53.6 Å². The Kier molecular flexibility index (Phi) is 7.79. The molecule has 1 aliphatic heterocycles. The molecule has 0 fully saturated rings. The molecule has 3 N–H and O–H groups in total. The number of nitrogens with zero attached hydrogens (tertiary/aromatic N) is 2. The number of nitrogens with one attached hydrogen (secondary N) is 1. The fraction of sp³-hybridized carbons (Fsp3) is 0.296. The van der Waals surface area contributed by atoms with E-state index in [1.807, 2.05) is 24.3 Å². The Morgan fingerprint density at radius 1 is 1.18 bits per heavy atom. The Morgan fingerprint density at radius 2 is 1.92 bits per heavy atom. The van der Waals surface area contributed by atoms with E-state index in [4.69, 9.17) is 10.5 Å². The van der Waals surface area contributed by atoms with Crippen molar-refractivity contribution < 1.29 is 27.1 Å². The average Bonchev–Trinajstić information content (AvgIpc) is 3.09. The van der Waals surface area contributed by atoms with Crippen LogP contribution in [0.3, 0.4) is 0 Å². The van der Waals surface area contributed by atoms with E-state index in [0.29, 0.717) is 11.6 Å². The second-order valence-electron chi connectivity index (χ2n) is 9.14. The van der Waals surface area contributed by atoms with Gasteiger partial charge in [-0.05, 0) is 55.3 Å². The van der Waals surface area contributed by atoms with Gasteiger partial charge in [0.15, 0.2) is 9.84 Å². The molecule has 0 bridgehead atoms. The van der Waals surface area contributed by atoms with Crippen molar-refractivity contribution in [2.75, 3.05) is 24.7 Å². The number of benzene rings is 2. The van der Waals surface area contributed by atoms with Crippen LogP contribution in [-0.4, -0.2) is 55.6 Å². The van der Waals surface area contributed by atoms with Gasteiger partial charge in [-0.1, -0.05) is 13.0 Å². The third kappa shape index (κ3) is 5.68. The molecule has 1 atom stereocenters. The van der Waals surface area contributed by atoms with Crippen molar-refractivity contribution in [3.8, 4) is 16.9 Å². The van der Waals surface area contributed by atoms with Crippen LogP contribution in [-0.2, 0) is 27.6 Å². The number of fused-ring (bicyclic) bond motifs is 1. The largest absolute Gasteiger partial charge is 0.491 e. The third-order valence-electron chi connectivity index (χ3n) is 6.28. The fourth-order valence-corrected chi connectivity index (χ4v) is 4.99. The van der Waals surface area contributed by atoms with Crippen molar-refractivity contribution in [2.45, 2.75) is 37.8 Å². The van der Waals surface area contributed by atoms with Crippen LogP contribution in [0, 0.1) is 5.82 Å². The summed E-state index contributed by atoms with van der Waals surface area (Å²) in [5, 5.41) is 2.64. The molecule has 2 aromatic carbocycles. The van der Waals surface area contributed by atoms with E-state index < -0.39 is 32.5 Å². The summed E-state index contributed by atoms with van der Waals surface area (Å²) >= 11 is 0. The van der Waals surface area contributed by atoms with Gasteiger partial charge in [-0.15, -0.1) is 0 Å². The summed E-state index contributed by atoms with van der Waals surface area (Å²) in [5.74, 6) is -0.616. The number of pyridine rings is 1. The number of amides is 2. The highest BCUT2D eigenvalue weighted by Crippen LogP contribution is 2.31. The first kappa shape index (κ1) is 27.2. The number of halogens is 1. The van der Waals surface area contributed by atoms with Gasteiger partial charge in [0.25, 0.3) is 5.91 Å². The molecule has 1 aromatic heterocycles. The van der Waals surface area contributed by atoms with E-state index in [1.165, 1.54) is 6.07 Å². The molecular weight excluding hydrogens is 511 g/mol. The first-order chi connectivity index (χ1) is 18.0. The van der Waals surface area contributed by atoms with Crippen LogP contribution in [0.2, 0.25) is 0 Å². The zero-order valence-electron chi connectivity index (χ0n) is 21.3. The van der Waals surface area contributed by atoms with Gasteiger partial charge >= 0.3 is 0 Å². The van der Waals surface area contributed by atoms with E-state index in [9.17, 15) is 18.0 Å².